The summed E-state index contributed by atoms with van der Waals surface area (Å²) in [4.78, 5) is 34.2. The zero-order chi connectivity index (χ0) is 21.8. The van der Waals surface area contributed by atoms with Gasteiger partial charge in [0.05, 0.1) is 22.7 Å². The number of nitrogens with zero attached hydrogens (tertiary/aromatic N) is 4. The van der Waals surface area contributed by atoms with Crippen molar-refractivity contribution in [3.63, 3.8) is 0 Å². The first kappa shape index (κ1) is 19.7. The van der Waals surface area contributed by atoms with Gasteiger partial charge in [0.2, 0.25) is 0 Å². The van der Waals surface area contributed by atoms with E-state index in [2.05, 4.69) is 20.3 Å². The summed E-state index contributed by atoms with van der Waals surface area (Å²) < 4.78 is 5.93. The number of benzene rings is 2. The molecule has 0 unspecified atom stereocenters. The molecule has 4 aromatic rings. The van der Waals surface area contributed by atoms with Gasteiger partial charge in [0.25, 0.3) is 11.6 Å². The van der Waals surface area contributed by atoms with Crippen molar-refractivity contribution in [2.75, 3.05) is 5.32 Å². The Hall–Kier alpha value is -4.60. The van der Waals surface area contributed by atoms with Crippen LogP contribution in [0.4, 0.5) is 17.3 Å². The van der Waals surface area contributed by atoms with Crippen molar-refractivity contribution in [3.05, 3.63) is 88.5 Å². The van der Waals surface area contributed by atoms with Gasteiger partial charge in [0, 0.05) is 17.6 Å². The molecule has 0 aliphatic carbocycles. The second kappa shape index (κ2) is 8.41. The van der Waals surface area contributed by atoms with E-state index in [4.69, 9.17) is 10.5 Å². The lowest BCUT2D eigenvalue weighted by atomic mass is 10.1. The van der Waals surface area contributed by atoms with Crippen molar-refractivity contribution >= 4 is 34.0 Å². The third-order valence-corrected chi connectivity index (χ3v) is 4.44. The molecule has 0 aliphatic rings. The lowest BCUT2D eigenvalue weighted by Crippen LogP contribution is -2.13. The average Bonchev–Trinajstić information content (AvgIpc) is 2.78. The number of hydrogen-bond acceptors (Lipinski definition) is 8. The molecule has 0 radical (unpaired) electrons. The van der Waals surface area contributed by atoms with Gasteiger partial charge in [0.15, 0.2) is 0 Å². The zero-order valence-corrected chi connectivity index (χ0v) is 16.1. The van der Waals surface area contributed by atoms with Crippen LogP contribution >= 0.6 is 0 Å². The van der Waals surface area contributed by atoms with E-state index in [0.717, 1.165) is 5.56 Å². The number of primary amides is 1. The van der Waals surface area contributed by atoms with Crippen LogP contribution in [-0.2, 0) is 6.61 Å². The third kappa shape index (κ3) is 4.37. The molecular formula is C21H16N6O4. The number of aromatic nitrogens is 3. The minimum atomic E-state index is -0.657. The smallest absolute Gasteiger partial charge is 0.277 e. The number of pyridine rings is 1. The number of nitro benzene ring substituents is 1. The summed E-state index contributed by atoms with van der Waals surface area (Å²) in [5.41, 5.74) is 6.07. The van der Waals surface area contributed by atoms with E-state index in [1.165, 1.54) is 18.5 Å². The lowest BCUT2D eigenvalue weighted by Gasteiger charge is -2.11. The van der Waals surface area contributed by atoms with E-state index < -0.39 is 10.8 Å². The quantitative estimate of drug-likeness (QED) is 0.344. The summed E-state index contributed by atoms with van der Waals surface area (Å²) in [6.45, 7) is 0.227. The zero-order valence-electron chi connectivity index (χ0n) is 16.1. The fourth-order valence-corrected chi connectivity index (χ4v) is 2.99. The van der Waals surface area contributed by atoms with Crippen LogP contribution in [0.2, 0.25) is 0 Å². The Morgan fingerprint density at radius 1 is 1.03 bits per heavy atom. The molecule has 0 fully saturated rings. The highest BCUT2D eigenvalue weighted by molar-refractivity contribution is 5.95. The highest BCUT2D eigenvalue weighted by atomic mass is 16.6. The number of carbonyl (C=O) groups is 1. The van der Waals surface area contributed by atoms with Crippen LogP contribution in [0.5, 0.6) is 5.75 Å². The molecule has 0 saturated heterocycles. The Bertz CT molecular complexity index is 1280. The Kier molecular flexibility index (Phi) is 5.35. The van der Waals surface area contributed by atoms with Crippen molar-refractivity contribution < 1.29 is 14.5 Å². The topological polar surface area (TPSA) is 146 Å². The normalized spacial score (nSPS) is 10.6. The molecule has 2 aromatic heterocycles. The average molecular weight is 416 g/mol. The SMILES string of the molecule is NC(=O)c1cnc(Nc2cc(COc3ccc([N+](=O)[O-])c4ccccc34)ccn2)cn1. The predicted molar refractivity (Wildman–Crippen MR) is 113 cm³/mol. The minimum Gasteiger partial charge on any atom is -0.488 e. The van der Waals surface area contributed by atoms with Crippen LogP contribution in [0.25, 0.3) is 10.8 Å². The van der Waals surface area contributed by atoms with E-state index in [-0.39, 0.29) is 18.0 Å². The van der Waals surface area contributed by atoms with E-state index in [0.29, 0.717) is 28.2 Å². The van der Waals surface area contributed by atoms with Gasteiger partial charge in [-0.3, -0.25) is 14.9 Å². The van der Waals surface area contributed by atoms with Crippen LogP contribution in [0.1, 0.15) is 16.1 Å². The maximum absolute atomic E-state index is 11.3. The number of nitrogens with one attached hydrogen (secondary N) is 1. The summed E-state index contributed by atoms with van der Waals surface area (Å²) in [5.74, 6) is 0.795. The van der Waals surface area contributed by atoms with Crippen LogP contribution in [0.15, 0.2) is 67.1 Å². The highest BCUT2D eigenvalue weighted by Gasteiger charge is 2.14. The van der Waals surface area contributed by atoms with E-state index in [1.54, 1.807) is 48.7 Å². The maximum atomic E-state index is 11.3. The number of ether oxygens (including phenoxy) is 1. The van der Waals surface area contributed by atoms with Crippen molar-refractivity contribution in [2.24, 2.45) is 5.73 Å². The van der Waals surface area contributed by atoms with Gasteiger partial charge in [0.1, 0.15) is 29.7 Å². The van der Waals surface area contributed by atoms with E-state index in [1.807, 2.05) is 0 Å². The maximum Gasteiger partial charge on any atom is 0.277 e. The van der Waals surface area contributed by atoms with Gasteiger partial charge in [-0.1, -0.05) is 18.2 Å². The predicted octanol–water partition coefficient (Wildman–Crippen LogP) is 3.35. The van der Waals surface area contributed by atoms with E-state index >= 15 is 0 Å². The van der Waals surface area contributed by atoms with Crippen molar-refractivity contribution in [2.45, 2.75) is 6.61 Å². The number of nitrogens with two attached hydrogens (primary N) is 1. The van der Waals surface area contributed by atoms with Crippen LogP contribution < -0.4 is 15.8 Å². The molecular weight excluding hydrogens is 400 g/mol. The number of hydrogen-bond donors (Lipinski definition) is 2. The van der Waals surface area contributed by atoms with Gasteiger partial charge in [-0.2, -0.15) is 0 Å². The molecule has 10 nitrogen and oxygen atoms in total. The van der Waals surface area contributed by atoms with Gasteiger partial charge in [-0.25, -0.2) is 15.0 Å². The first-order valence-corrected chi connectivity index (χ1v) is 9.14. The van der Waals surface area contributed by atoms with Gasteiger partial charge in [-0.15, -0.1) is 0 Å². The molecule has 2 aromatic carbocycles. The Labute approximate surface area is 175 Å². The minimum absolute atomic E-state index is 0.0295. The van der Waals surface area contributed by atoms with Crippen LogP contribution in [-0.4, -0.2) is 25.8 Å². The summed E-state index contributed by atoms with van der Waals surface area (Å²) >= 11 is 0. The fourth-order valence-electron chi connectivity index (χ4n) is 2.99. The van der Waals surface area contributed by atoms with Gasteiger partial charge in [-0.05, 0) is 29.8 Å². The van der Waals surface area contributed by atoms with E-state index in [9.17, 15) is 14.9 Å². The largest absolute Gasteiger partial charge is 0.488 e. The summed E-state index contributed by atoms with van der Waals surface area (Å²) in [7, 11) is 0. The molecule has 0 spiro atoms. The van der Waals surface area contributed by atoms with Crippen molar-refractivity contribution in [1.82, 2.24) is 15.0 Å². The molecule has 154 valence electrons. The second-order valence-electron chi connectivity index (χ2n) is 6.50. The molecule has 4 rings (SSSR count). The van der Waals surface area contributed by atoms with Crippen LogP contribution in [0.3, 0.4) is 0 Å². The number of nitro groups is 1. The molecule has 3 N–H and O–H groups in total. The summed E-state index contributed by atoms with van der Waals surface area (Å²) in [5, 5.41) is 15.4. The second-order valence-corrected chi connectivity index (χ2v) is 6.50. The summed E-state index contributed by atoms with van der Waals surface area (Å²) in [6, 6.07) is 13.6. The summed E-state index contributed by atoms with van der Waals surface area (Å²) in [6.07, 6.45) is 4.27. The number of rotatable bonds is 7. The Morgan fingerprint density at radius 2 is 1.84 bits per heavy atom. The van der Waals surface area contributed by atoms with Crippen LogP contribution in [0, 0.1) is 10.1 Å². The van der Waals surface area contributed by atoms with Crippen molar-refractivity contribution in [1.29, 1.82) is 0 Å². The Morgan fingerprint density at radius 3 is 2.55 bits per heavy atom. The lowest BCUT2D eigenvalue weighted by molar-refractivity contribution is -0.383. The Balaban J connectivity index is 1.50. The molecule has 1 amide bonds. The number of carbonyl (C=O) groups excluding carboxylic acids is 1. The molecule has 0 saturated carbocycles. The molecule has 2 heterocycles. The number of fused-ring (bicyclic) bond motifs is 1. The standard InChI is InChI=1S/C21H16N6O4/c22-21(28)16-10-25-20(11-24-16)26-19-9-13(7-8-23-19)12-31-18-6-5-17(27(29)30)14-3-1-2-4-15(14)18/h1-11H,12H2,(H2,22,28)(H,23,25,26). The third-order valence-electron chi connectivity index (χ3n) is 4.44. The molecule has 0 atom stereocenters. The number of non-ortho nitro benzene ring substituents is 1. The highest BCUT2D eigenvalue weighted by Crippen LogP contribution is 2.33. The molecule has 31 heavy (non-hydrogen) atoms. The first-order chi connectivity index (χ1) is 15.0. The fraction of sp³-hybridized carbons (Fsp3) is 0.0476. The molecule has 0 bridgehead atoms. The molecule has 0 aliphatic heterocycles. The monoisotopic (exact) mass is 416 g/mol. The number of anilines is 2. The van der Waals surface area contributed by atoms with Gasteiger partial charge < -0.3 is 15.8 Å². The molecule has 10 heteroatoms. The van der Waals surface area contributed by atoms with Gasteiger partial charge >= 0.3 is 0 Å². The number of amides is 1. The first-order valence-electron chi connectivity index (χ1n) is 9.14. The van der Waals surface area contributed by atoms with Crippen molar-refractivity contribution in [3.8, 4) is 5.75 Å².